The number of aromatic nitrogens is 1. The molecule has 1 aromatic carbocycles. The topological polar surface area (TPSA) is 84.2 Å². The summed E-state index contributed by atoms with van der Waals surface area (Å²) >= 11 is 1.55. The Kier molecular flexibility index (Phi) is 7.06. The van der Waals surface area contributed by atoms with E-state index in [2.05, 4.69) is 15.8 Å². The van der Waals surface area contributed by atoms with Crippen LogP contribution in [0, 0.1) is 13.8 Å². The van der Waals surface area contributed by atoms with Gasteiger partial charge < -0.3 is 15.2 Å². The Bertz CT molecular complexity index is 723. The van der Waals surface area contributed by atoms with Crippen molar-refractivity contribution in [3.05, 3.63) is 46.8 Å². The second kappa shape index (κ2) is 9.27. The summed E-state index contributed by atoms with van der Waals surface area (Å²) in [7, 11) is 0. The van der Waals surface area contributed by atoms with Crippen molar-refractivity contribution < 1.29 is 14.1 Å². The summed E-state index contributed by atoms with van der Waals surface area (Å²) < 4.78 is 5.17. The van der Waals surface area contributed by atoms with Gasteiger partial charge in [-0.15, -0.1) is 11.8 Å². The van der Waals surface area contributed by atoms with Gasteiger partial charge >= 0.3 is 0 Å². The zero-order chi connectivity index (χ0) is 18.2. The summed E-state index contributed by atoms with van der Waals surface area (Å²) in [6, 6.07) is 7.36. The van der Waals surface area contributed by atoms with E-state index in [1.165, 1.54) is 0 Å². The lowest BCUT2D eigenvalue weighted by molar-refractivity contribution is -0.120. The second-order valence-electron chi connectivity index (χ2n) is 5.62. The molecule has 1 aromatic heterocycles. The molecule has 2 amide bonds. The van der Waals surface area contributed by atoms with Gasteiger partial charge in [-0.1, -0.05) is 24.2 Å². The number of nitrogens with zero attached hydrogens (tertiary/aromatic N) is 1. The van der Waals surface area contributed by atoms with Crippen LogP contribution in [0.4, 0.5) is 0 Å². The number of nitrogens with one attached hydrogen (secondary N) is 2. The van der Waals surface area contributed by atoms with Crippen molar-refractivity contribution >= 4 is 23.6 Å². The summed E-state index contributed by atoms with van der Waals surface area (Å²) in [6.45, 7) is 6.34. The maximum Gasteiger partial charge on any atom is 0.252 e. The molecule has 0 spiro atoms. The van der Waals surface area contributed by atoms with Gasteiger partial charge in [0.25, 0.3) is 5.91 Å². The number of amides is 2. The molecule has 0 aliphatic carbocycles. The molecule has 0 bridgehead atoms. The average molecular weight is 361 g/mol. The number of hydrogen-bond donors (Lipinski definition) is 2. The van der Waals surface area contributed by atoms with Crippen molar-refractivity contribution in [1.29, 1.82) is 0 Å². The molecule has 2 rings (SSSR count). The van der Waals surface area contributed by atoms with Crippen LogP contribution < -0.4 is 10.6 Å². The molecule has 0 aliphatic rings. The molecule has 2 aromatic rings. The molecule has 6 nitrogen and oxygen atoms in total. The maximum absolute atomic E-state index is 12.4. The van der Waals surface area contributed by atoms with E-state index in [9.17, 15) is 9.59 Å². The molecule has 0 unspecified atom stereocenters. The van der Waals surface area contributed by atoms with Crippen molar-refractivity contribution in [3.63, 3.8) is 0 Å². The Morgan fingerprint density at radius 2 is 1.96 bits per heavy atom. The first-order chi connectivity index (χ1) is 12.0. The van der Waals surface area contributed by atoms with Crippen LogP contribution in [0.1, 0.15) is 40.7 Å². The minimum Gasteiger partial charge on any atom is -0.361 e. The molecule has 7 heteroatoms. The molecular formula is C18H23N3O3S. The smallest absolute Gasteiger partial charge is 0.252 e. The van der Waals surface area contributed by atoms with E-state index in [0.29, 0.717) is 17.9 Å². The van der Waals surface area contributed by atoms with Crippen molar-refractivity contribution in [2.75, 3.05) is 13.1 Å². The third-order valence-electron chi connectivity index (χ3n) is 3.67. The molecule has 134 valence electrons. The van der Waals surface area contributed by atoms with Gasteiger partial charge in [0.05, 0.1) is 17.8 Å². The Labute approximate surface area is 151 Å². The zero-order valence-electron chi connectivity index (χ0n) is 14.7. The van der Waals surface area contributed by atoms with Gasteiger partial charge in [0.1, 0.15) is 5.76 Å². The largest absolute Gasteiger partial charge is 0.361 e. The highest BCUT2D eigenvalue weighted by Gasteiger charge is 2.15. The molecule has 0 saturated heterocycles. The minimum absolute atomic E-state index is 0.0261. The SMILES string of the molecule is CCCNC(=O)CNC(=O)c1ccccc1SCc1c(C)noc1C. The fourth-order valence-electron chi connectivity index (χ4n) is 2.22. The number of thioether (sulfide) groups is 1. The molecule has 0 radical (unpaired) electrons. The Morgan fingerprint density at radius 1 is 1.20 bits per heavy atom. The van der Waals surface area contributed by atoms with Crippen LogP contribution in [0.2, 0.25) is 0 Å². The normalized spacial score (nSPS) is 10.5. The van der Waals surface area contributed by atoms with Crippen molar-refractivity contribution in [2.45, 2.75) is 37.8 Å². The first kappa shape index (κ1) is 19.1. The number of carbonyl (C=O) groups excluding carboxylic acids is 2. The molecule has 1 heterocycles. The molecule has 0 atom stereocenters. The Balaban J connectivity index is 1.99. The predicted molar refractivity (Wildman–Crippen MR) is 97.6 cm³/mol. The standard InChI is InChI=1S/C18H23N3O3S/c1-4-9-19-17(22)10-20-18(23)14-7-5-6-8-16(14)25-11-15-12(2)21-24-13(15)3/h5-8H,4,9-11H2,1-3H3,(H,19,22)(H,20,23). The van der Waals surface area contributed by atoms with Crippen LogP contribution in [0.25, 0.3) is 0 Å². The highest BCUT2D eigenvalue weighted by molar-refractivity contribution is 7.98. The van der Waals surface area contributed by atoms with Gasteiger partial charge in [-0.25, -0.2) is 0 Å². The van der Waals surface area contributed by atoms with E-state index in [1.54, 1.807) is 17.8 Å². The Hall–Kier alpha value is -2.28. The summed E-state index contributed by atoms with van der Waals surface area (Å²) in [5, 5.41) is 9.35. The van der Waals surface area contributed by atoms with Crippen LogP contribution in [-0.4, -0.2) is 30.1 Å². The van der Waals surface area contributed by atoms with Gasteiger partial charge in [0.15, 0.2) is 0 Å². The van der Waals surface area contributed by atoms with E-state index >= 15 is 0 Å². The van der Waals surface area contributed by atoms with Gasteiger partial charge in [0, 0.05) is 22.8 Å². The van der Waals surface area contributed by atoms with Crippen LogP contribution in [-0.2, 0) is 10.5 Å². The van der Waals surface area contributed by atoms with Gasteiger partial charge in [-0.3, -0.25) is 9.59 Å². The lowest BCUT2D eigenvalue weighted by atomic mass is 10.2. The number of aryl methyl sites for hydroxylation is 2. The Morgan fingerprint density at radius 3 is 2.64 bits per heavy atom. The third kappa shape index (κ3) is 5.35. The lowest BCUT2D eigenvalue weighted by Gasteiger charge is -2.10. The number of benzene rings is 1. The molecule has 0 saturated carbocycles. The summed E-state index contributed by atoms with van der Waals surface area (Å²) in [5.41, 5.74) is 2.46. The molecule has 2 N–H and O–H groups in total. The molecular weight excluding hydrogens is 338 g/mol. The molecule has 25 heavy (non-hydrogen) atoms. The van der Waals surface area contributed by atoms with E-state index < -0.39 is 0 Å². The second-order valence-corrected chi connectivity index (χ2v) is 6.64. The van der Waals surface area contributed by atoms with E-state index in [0.717, 1.165) is 28.3 Å². The number of hydrogen-bond acceptors (Lipinski definition) is 5. The van der Waals surface area contributed by atoms with E-state index in [1.807, 2.05) is 39.0 Å². The minimum atomic E-state index is -0.256. The highest BCUT2D eigenvalue weighted by atomic mass is 32.2. The highest BCUT2D eigenvalue weighted by Crippen LogP contribution is 2.28. The van der Waals surface area contributed by atoms with E-state index in [-0.39, 0.29) is 18.4 Å². The first-order valence-electron chi connectivity index (χ1n) is 8.21. The molecule has 0 aliphatic heterocycles. The van der Waals surface area contributed by atoms with Crippen molar-refractivity contribution in [3.8, 4) is 0 Å². The van der Waals surface area contributed by atoms with Crippen molar-refractivity contribution in [1.82, 2.24) is 15.8 Å². The monoisotopic (exact) mass is 361 g/mol. The van der Waals surface area contributed by atoms with Gasteiger partial charge in [0.2, 0.25) is 5.91 Å². The summed E-state index contributed by atoms with van der Waals surface area (Å²) in [4.78, 5) is 24.9. The van der Waals surface area contributed by atoms with Crippen LogP contribution >= 0.6 is 11.8 Å². The van der Waals surface area contributed by atoms with Gasteiger partial charge in [-0.05, 0) is 32.4 Å². The predicted octanol–water partition coefficient (Wildman–Crippen LogP) is 2.84. The van der Waals surface area contributed by atoms with E-state index in [4.69, 9.17) is 4.52 Å². The summed E-state index contributed by atoms with van der Waals surface area (Å²) in [6.07, 6.45) is 0.862. The number of carbonyl (C=O) groups is 2. The van der Waals surface area contributed by atoms with Crippen LogP contribution in [0.3, 0.4) is 0 Å². The average Bonchev–Trinajstić information content (AvgIpc) is 2.94. The number of rotatable bonds is 8. The van der Waals surface area contributed by atoms with Crippen molar-refractivity contribution in [2.24, 2.45) is 0 Å². The lowest BCUT2D eigenvalue weighted by Crippen LogP contribution is -2.37. The zero-order valence-corrected chi connectivity index (χ0v) is 15.5. The first-order valence-corrected chi connectivity index (χ1v) is 9.20. The van der Waals surface area contributed by atoms with Gasteiger partial charge in [-0.2, -0.15) is 0 Å². The van der Waals surface area contributed by atoms with Crippen LogP contribution in [0.5, 0.6) is 0 Å². The third-order valence-corrected chi connectivity index (χ3v) is 4.77. The summed E-state index contributed by atoms with van der Waals surface area (Å²) in [5.74, 6) is 1.02. The fraction of sp³-hybridized carbons (Fsp3) is 0.389. The molecule has 0 fully saturated rings. The quantitative estimate of drug-likeness (QED) is 0.706. The maximum atomic E-state index is 12.4. The van der Waals surface area contributed by atoms with Crippen LogP contribution in [0.15, 0.2) is 33.7 Å². The fourth-order valence-corrected chi connectivity index (χ4v) is 3.42.